The number of alkyl halides is 2. The first kappa shape index (κ1) is 10.5. The first-order chi connectivity index (χ1) is 5.50. The van der Waals surface area contributed by atoms with Gasteiger partial charge in [-0.2, -0.15) is 0 Å². The van der Waals surface area contributed by atoms with E-state index in [1.807, 2.05) is 0 Å². The van der Waals surface area contributed by atoms with Crippen LogP contribution in [0.3, 0.4) is 0 Å². The van der Waals surface area contributed by atoms with E-state index in [-0.39, 0.29) is 0 Å². The Hall–Kier alpha value is -1.46. The lowest BCUT2D eigenvalue weighted by Crippen LogP contribution is -2.17. The van der Waals surface area contributed by atoms with E-state index in [4.69, 9.17) is 10.8 Å². The molecule has 0 fully saturated rings. The minimum absolute atomic E-state index is 0.674. The number of hydrogen-bond donors (Lipinski definition) is 2. The van der Waals surface area contributed by atoms with Crippen molar-refractivity contribution in [1.29, 1.82) is 0 Å². The van der Waals surface area contributed by atoms with Crippen molar-refractivity contribution in [3.8, 4) is 0 Å². The second kappa shape index (κ2) is 4.42. The van der Waals surface area contributed by atoms with Crippen LogP contribution < -0.4 is 5.73 Å². The molecule has 4 nitrogen and oxygen atoms in total. The van der Waals surface area contributed by atoms with Crippen LogP contribution in [0.15, 0.2) is 16.3 Å². The zero-order chi connectivity index (χ0) is 9.72. The largest absolute Gasteiger partial charge is 0.478 e. The number of aliphatic imine (C=N–C) groups is 1. The molecule has 0 saturated carbocycles. The number of hydrogen-bond acceptors (Lipinski definition) is 3. The normalized spacial score (nSPS) is 13.7. The summed E-state index contributed by atoms with van der Waals surface area (Å²) in [6, 6.07) is 0. The molecule has 0 aliphatic carbocycles. The van der Waals surface area contributed by atoms with Crippen molar-refractivity contribution in [3.63, 3.8) is 0 Å². The zero-order valence-electron chi connectivity index (χ0n) is 6.29. The third-order valence-electron chi connectivity index (χ3n) is 1.03. The van der Waals surface area contributed by atoms with Gasteiger partial charge in [0.2, 0.25) is 0 Å². The molecule has 0 heterocycles. The molecular formula is C6H8F2N2O2. The Labute approximate surface area is 67.4 Å². The smallest absolute Gasteiger partial charge is 0.339 e. The quantitative estimate of drug-likeness (QED) is 0.480. The predicted octanol–water partition coefficient (Wildman–Crippen LogP) is 0.250. The highest BCUT2D eigenvalue weighted by atomic mass is 19.3. The third-order valence-corrected chi connectivity index (χ3v) is 1.03. The highest BCUT2D eigenvalue weighted by Gasteiger charge is 2.16. The average molecular weight is 178 g/mol. The van der Waals surface area contributed by atoms with Crippen molar-refractivity contribution in [2.24, 2.45) is 10.7 Å². The van der Waals surface area contributed by atoms with E-state index in [0.29, 0.717) is 0 Å². The SMILES string of the molecule is CN=CC(C(=O)O)=C(N)C(F)F. The van der Waals surface area contributed by atoms with Gasteiger partial charge < -0.3 is 10.8 Å². The van der Waals surface area contributed by atoms with Gasteiger partial charge in [-0.15, -0.1) is 0 Å². The fourth-order valence-corrected chi connectivity index (χ4v) is 0.500. The highest BCUT2D eigenvalue weighted by Crippen LogP contribution is 2.06. The van der Waals surface area contributed by atoms with Crippen molar-refractivity contribution in [2.75, 3.05) is 7.05 Å². The number of carbonyl (C=O) groups is 1. The highest BCUT2D eigenvalue weighted by molar-refractivity contribution is 6.09. The standard InChI is InChI=1S/C6H8F2N2O2/c1-10-2-3(6(11)12)4(9)5(7)8/h2,5H,9H2,1H3,(H,11,12). The molecular weight excluding hydrogens is 170 g/mol. The molecule has 68 valence electrons. The Morgan fingerprint density at radius 1 is 1.67 bits per heavy atom. The molecule has 0 atom stereocenters. The van der Waals surface area contributed by atoms with Gasteiger partial charge in [-0.25, -0.2) is 13.6 Å². The molecule has 0 amide bonds. The number of carboxylic acid groups (broad SMARTS) is 1. The van der Waals surface area contributed by atoms with Crippen LogP contribution in [0.25, 0.3) is 0 Å². The van der Waals surface area contributed by atoms with Gasteiger partial charge in [0.15, 0.2) is 0 Å². The molecule has 0 aliphatic heterocycles. The molecule has 0 aromatic rings. The molecule has 0 rings (SSSR count). The number of nitrogens with two attached hydrogens (primary N) is 1. The van der Waals surface area contributed by atoms with Gasteiger partial charge in [-0.1, -0.05) is 0 Å². The molecule has 3 N–H and O–H groups in total. The van der Waals surface area contributed by atoms with E-state index in [2.05, 4.69) is 4.99 Å². The van der Waals surface area contributed by atoms with Crippen LogP contribution in [0, 0.1) is 0 Å². The van der Waals surface area contributed by atoms with E-state index >= 15 is 0 Å². The van der Waals surface area contributed by atoms with Crippen molar-refractivity contribution in [1.82, 2.24) is 0 Å². The minimum Gasteiger partial charge on any atom is -0.478 e. The number of nitrogens with zero attached hydrogens (tertiary/aromatic N) is 1. The second-order valence-corrected chi connectivity index (χ2v) is 1.86. The van der Waals surface area contributed by atoms with Crippen molar-refractivity contribution < 1.29 is 18.7 Å². The van der Waals surface area contributed by atoms with Gasteiger partial charge >= 0.3 is 5.97 Å². The van der Waals surface area contributed by atoms with Crippen molar-refractivity contribution in [3.05, 3.63) is 11.3 Å². The maximum Gasteiger partial charge on any atom is 0.339 e. The van der Waals surface area contributed by atoms with Crippen LogP contribution >= 0.6 is 0 Å². The van der Waals surface area contributed by atoms with E-state index in [9.17, 15) is 13.6 Å². The summed E-state index contributed by atoms with van der Waals surface area (Å²) < 4.78 is 23.7. The number of halogens is 2. The van der Waals surface area contributed by atoms with Crippen LogP contribution in [0.5, 0.6) is 0 Å². The van der Waals surface area contributed by atoms with Crippen molar-refractivity contribution >= 4 is 12.2 Å². The lowest BCUT2D eigenvalue weighted by molar-refractivity contribution is -0.132. The minimum atomic E-state index is -2.98. The molecule has 0 unspecified atom stereocenters. The Morgan fingerprint density at radius 3 is 2.42 bits per heavy atom. The molecule has 0 aromatic heterocycles. The van der Waals surface area contributed by atoms with Gasteiger partial charge in [-0.05, 0) is 0 Å². The first-order valence-electron chi connectivity index (χ1n) is 2.94. The summed E-state index contributed by atoms with van der Waals surface area (Å²) in [6.07, 6.45) is -2.20. The molecule has 0 saturated heterocycles. The zero-order valence-corrected chi connectivity index (χ0v) is 6.29. The molecule has 0 spiro atoms. The number of aliphatic carboxylic acids is 1. The molecule has 0 bridgehead atoms. The van der Waals surface area contributed by atoms with Gasteiger partial charge in [-0.3, -0.25) is 4.99 Å². The first-order valence-corrected chi connectivity index (χ1v) is 2.94. The van der Waals surface area contributed by atoms with Gasteiger partial charge in [0.1, 0.15) is 5.57 Å². The van der Waals surface area contributed by atoms with Crippen molar-refractivity contribution in [2.45, 2.75) is 6.43 Å². The fourth-order valence-electron chi connectivity index (χ4n) is 0.500. The van der Waals surface area contributed by atoms with E-state index < -0.39 is 23.7 Å². The lowest BCUT2D eigenvalue weighted by atomic mass is 10.2. The Bertz CT molecular complexity index is 236. The summed E-state index contributed by atoms with van der Waals surface area (Å²) in [5.74, 6) is -1.52. The van der Waals surface area contributed by atoms with Gasteiger partial charge in [0.05, 0.1) is 5.70 Å². The Morgan fingerprint density at radius 2 is 2.17 bits per heavy atom. The van der Waals surface area contributed by atoms with Crippen LogP contribution in [-0.4, -0.2) is 30.8 Å². The summed E-state index contributed by atoms with van der Waals surface area (Å²) in [5, 5.41) is 8.36. The summed E-state index contributed by atoms with van der Waals surface area (Å²) in [6.45, 7) is 0. The number of rotatable bonds is 3. The van der Waals surface area contributed by atoms with Crippen LogP contribution in [0.2, 0.25) is 0 Å². The molecule has 0 aliphatic rings. The average Bonchev–Trinajstić information content (AvgIpc) is 1.98. The Balaban J connectivity index is 4.93. The summed E-state index contributed by atoms with van der Waals surface area (Å²) in [7, 11) is 1.27. The number of allylic oxidation sites excluding steroid dienone is 1. The third kappa shape index (κ3) is 2.65. The fraction of sp³-hybridized carbons (Fsp3) is 0.333. The van der Waals surface area contributed by atoms with Gasteiger partial charge in [0, 0.05) is 13.3 Å². The monoisotopic (exact) mass is 178 g/mol. The van der Waals surface area contributed by atoms with E-state index in [1.54, 1.807) is 0 Å². The summed E-state index contributed by atoms with van der Waals surface area (Å²) >= 11 is 0. The number of carboxylic acids is 1. The topological polar surface area (TPSA) is 75.7 Å². The molecule has 0 aromatic carbocycles. The van der Waals surface area contributed by atoms with Crippen LogP contribution in [0.4, 0.5) is 8.78 Å². The van der Waals surface area contributed by atoms with Crippen LogP contribution in [0.1, 0.15) is 0 Å². The lowest BCUT2D eigenvalue weighted by Gasteiger charge is -2.01. The van der Waals surface area contributed by atoms with Gasteiger partial charge in [0.25, 0.3) is 6.43 Å². The summed E-state index contributed by atoms with van der Waals surface area (Å²) in [4.78, 5) is 13.6. The maximum atomic E-state index is 11.9. The molecule has 6 heteroatoms. The second-order valence-electron chi connectivity index (χ2n) is 1.86. The maximum absolute atomic E-state index is 11.9. The van der Waals surface area contributed by atoms with Crippen LogP contribution in [-0.2, 0) is 4.79 Å². The van der Waals surface area contributed by atoms with E-state index in [0.717, 1.165) is 6.21 Å². The Kier molecular flexibility index (Phi) is 3.89. The predicted molar refractivity (Wildman–Crippen MR) is 39.3 cm³/mol. The molecule has 0 radical (unpaired) electrons. The van der Waals surface area contributed by atoms with E-state index in [1.165, 1.54) is 7.05 Å². The molecule has 12 heavy (non-hydrogen) atoms. The summed E-state index contributed by atoms with van der Waals surface area (Å²) in [5.41, 5.74) is 3.15.